The molecule has 4 nitrogen and oxygen atoms in total. The third kappa shape index (κ3) is 2.96. The normalized spacial score (nSPS) is 15.3. The molecule has 0 amide bonds. The third-order valence-electron chi connectivity index (χ3n) is 3.63. The number of nitrogens with zero attached hydrogens (tertiary/aromatic N) is 2. The average Bonchev–Trinajstić information content (AvgIpc) is 2.92. The quantitative estimate of drug-likeness (QED) is 0.926. The van der Waals surface area contributed by atoms with E-state index in [1.807, 2.05) is 7.05 Å². The summed E-state index contributed by atoms with van der Waals surface area (Å²) in [5, 5.41) is 3.54. The molecule has 1 aliphatic heterocycles. The lowest BCUT2D eigenvalue weighted by molar-refractivity contribution is 0.123. The number of morpholine rings is 1. The van der Waals surface area contributed by atoms with Crippen LogP contribution in [0.5, 0.6) is 0 Å². The number of benzene rings is 1. The van der Waals surface area contributed by atoms with E-state index in [9.17, 15) is 0 Å². The van der Waals surface area contributed by atoms with E-state index in [0.29, 0.717) is 0 Å². The largest absolute Gasteiger partial charge is 0.379 e. The smallest absolute Gasteiger partial charge is 0.0642 e. The highest BCUT2D eigenvalue weighted by Gasteiger charge is 2.14. The molecule has 2 heterocycles. The molecule has 0 unspecified atom stereocenters. The molecule has 1 aromatic carbocycles. The van der Waals surface area contributed by atoms with Crippen LogP contribution in [0.3, 0.4) is 0 Å². The maximum Gasteiger partial charge on any atom is 0.0642 e. The topological polar surface area (TPSA) is 29.4 Å². The fourth-order valence-corrected chi connectivity index (χ4v) is 2.57. The molecule has 0 bridgehead atoms. The van der Waals surface area contributed by atoms with Gasteiger partial charge in [-0.05, 0) is 23.8 Å². The first-order valence-corrected chi connectivity index (χ1v) is 7.09. The van der Waals surface area contributed by atoms with E-state index in [4.69, 9.17) is 4.74 Å². The summed E-state index contributed by atoms with van der Waals surface area (Å²) in [6.45, 7) is 4.40. The second kappa shape index (κ2) is 6.01. The first-order valence-electron chi connectivity index (χ1n) is 7.09. The van der Waals surface area contributed by atoms with E-state index in [0.717, 1.165) is 32.8 Å². The molecule has 4 heteroatoms. The van der Waals surface area contributed by atoms with Gasteiger partial charge in [0.05, 0.1) is 24.6 Å². The van der Waals surface area contributed by atoms with Gasteiger partial charge in [-0.15, -0.1) is 0 Å². The highest BCUT2D eigenvalue weighted by atomic mass is 16.5. The van der Waals surface area contributed by atoms with E-state index in [1.54, 1.807) is 0 Å². The van der Waals surface area contributed by atoms with Crippen LogP contribution in [0.2, 0.25) is 0 Å². The number of anilines is 2. The molecule has 20 heavy (non-hydrogen) atoms. The Hall–Kier alpha value is -1.94. The SMILES string of the molecule is Cn1ccc(CNc2ccccc2N2CCOCC2)c1. The van der Waals surface area contributed by atoms with Crippen molar-refractivity contribution in [3.8, 4) is 0 Å². The number of hydrogen-bond acceptors (Lipinski definition) is 3. The number of hydrogen-bond donors (Lipinski definition) is 1. The summed E-state index contributed by atoms with van der Waals surface area (Å²) in [4.78, 5) is 2.39. The highest BCUT2D eigenvalue weighted by Crippen LogP contribution is 2.26. The number of ether oxygens (including phenoxy) is 1. The molecular weight excluding hydrogens is 250 g/mol. The first-order chi connectivity index (χ1) is 9.83. The van der Waals surface area contributed by atoms with E-state index >= 15 is 0 Å². The van der Waals surface area contributed by atoms with Crippen molar-refractivity contribution in [3.05, 3.63) is 48.3 Å². The third-order valence-corrected chi connectivity index (χ3v) is 3.63. The molecule has 106 valence electrons. The molecule has 1 fully saturated rings. The first kappa shape index (κ1) is 13.1. The molecule has 3 rings (SSSR count). The molecule has 1 aliphatic rings. The Morgan fingerprint density at radius 2 is 1.95 bits per heavy atom. The number of aromatic nitrogens is 1. The molecule has 1 saturated heterocycles. The fourth-order valence-electron chi connectivity index (χ4n) is 2.57. The summed E-state index contributed by atoms with van der Waals surface area (Å²) in [6, 6.07) is 10.6. The van der Waals surface area contributed by atoms with Crippen LogP contribution in [0.15, 0.2) is 42.7 Å². The zero-order valence-corrected chi connectivity index (χ0v) is 11.9. The van der Waals surface area contributed by atoms with Crippen molar-refractivity contribution in [1.82, 2.24) is 4.57 Å². The summed E-state index contributed by atoms with van der Waals surface area (Å²) in [5.41, 5.74) is 3.76. The van der Waals surface area contributed by atoms with Gasteiger partial charge in [0, 0.05) is 39.1 Å². The van der Waals surface area contributed by atoms with Crippen molar-refractivity contribution in [2.24, 2.45) is 7.05 Å². The Morgan fingerprint density at radius 1 is 1.15 bits per heavy atom. The number of nitrogens with one attached hydrogen (secondary N) is 1. The van der Waals surface area contributed by atoms with Gasteiger partial charge in [0.15, 0.2) is 0 Å². The van der Waals surface area contributed by atoms with Crippen molar-refractivity contribution in [3.63, 3.8) is 0 Å². The van der Waals surface area contributed by atoms with Gasteiger partial charge in [-0.2, -0.15) is 0 Å². The van der Waals surface area contributed by atoms with E-state index in [1.165, 1.54) is 16.9 Å². The summed E-state index contributed by atoms with van der Waals surface area (Å²) in [7, 11) is 2.05. The lowest BCUT2D eigenvalue weighted by Gasteiger charge is -2.30. The lowest BCUT2D eigenvalue weighted by Crippen LogP contribution is -2.36. The van der Waals surface area contributed by atoms with Gasteiger partial charge in [0.1, 0.15) is 0 Å². The van der Waals surface area contributed by atoms with Gasteiger partial charge in [0.25, 0.3) is 0 Å². The van der Waals surface area contributed by atoms with Crippen LogP contribution in [0.4, 0.5) is 11.4 Å². The zero-order chi connectivity index (χ0) is 13.8. The molecule has 0 aliphatic carbocycles. The molecular formula is C16H21N3O. The summed E-state index contributed by atoms with van der Waals surface area (Å²) >= 11 is 0. The molecule has 0 spiro atoms. The van der Waals surface area contributed by atoms with Crippen molar-refractivity contribution in [2.75, 3.05) is 36.5 Å². The Balaban J connectivity index is 1.72. The fraction of sp³-hybridized carbons (Fsp3) is 0.375. The molecule has 1 aromatic heterocycles. The van der Waals surface area contributed by atoms with Crippen molar-refractivity contribution in [1.29, 1.82) is 0 Å². The maximum absolute atomic E-state index is 5.43. The second-order valence-electron chi connectivity index (χ2n) is 5.16. The Kier molecular flexibility index (Phi) is 3.92. The van der Waals surface area contributed by atoms with Gasteiger partial charge in [0.2, 0.25) is 0 Å². The summed E-state index contributed by atoms with van der Waals surface area (Å²) in [5.74, 6) is 0. The van der Waals surface area contributed by atoms with Crippen molar-refractivity contribution >= 4 is 11.4 Å². The second-order valence-corrected chi connectivity index (χ2v) is 5.16. The molecule has 0 radical (unpaired) electrons. The molecule has 0 atom stereocenters. The van der Waals surface area contributed by atoms with E-state index in [2.05, 4.69) is 57.5 Å². The molecule has 1 N–H and O–H groups in total. The Morgan fingerprint density at radius 3 is 2.70 bits per heavy atom. The lowest BCUT2D eigenvalue weighted by atomic mass is 10.2. The van der Waals surface area contributed by atoms with E-state index < -0.39 is 0 Å². The zero-order valence-electron chi connectivity index (χ0n) is 11.9. The number of para-hydroxylation sites is 2. The Labute approximate surface area is 120 Å². The van der Waals surface area contributed by atoms with Crippen molar-refractivity contribution in [2.45, 2.75) is 6.54 Å². The minimum Gasteiger partial charge on any atom is -0.379 e. The average molecular weight is 271 g/mol. The van der Waals surface area contributed by atoms with Gasteiger partial charge in [-0.1, -0.05) is 12.1 Å². The minimum atomic E-state index is 0.813. The van der Waals surface area contributed by atoms with Crippen LogP contribution in [0.1, 0.15) is 5.56 Å². The highest BCUT2D eigenvalue weighted by molar-refractivity contribution is 5.70. The summed E-state index contributed by atoms with van der Waals surface area (Å²) < 4.78 is 7.50. The minimum absolute atomic E-state index is 0.813. The molecule has 0 saturated carbocycles. The predicted molar refractivity (Wildman–Crippen MR) is 82.2 cm³/mol. The number of aryl methyl sites for hydroxylation is 1. The van der Waals surface area contributed by atoms with Gasteiger partial charge >= 0.3 is 0 Å². The predicted octanol–water partition coefficient (Wildman–Crippen LogP) is 2.47. The van der Waals surface area contributed by atoms with Crippen LogP contribution < -0.4 is 10.2 Å². The van der Waals surface area contributed by atoms with Crippen LogP contribution >= 0.6 is 0 Å². The Bertz CT molecular complexity index is 558. The van der Waals surface area contributed by atoms with Crippen LogP contribution in [-0.2, 0) is 18.3 Å². The van der Waals surface area contributed by atoms with Gasteiger partial charge in [-0.25, -0.2) is 0 Å². The van der Waals surface area contributed by atoms with Crippen LogP contribution in [0.25, 0.3) is 0 Å². The van der Waals surface area contributed by atoms with Gasteiger partial charge < -0.3 is 19.5 Å². The van der Waals surface area contributed by atoms with Crippen LogP contribution in [0, 0.1) is 0 Å². The number of rotatable bonds is 4. The summed E-state index contributed by atoms with van der Waals surface area (Å²) in [6.07, 6.45) is 4.22. The van der Waals surface area contributed by atoms with E-state index in [-0.39, 0.29) is 0 Å². The standard InChI is InChI=1S/C16H21N3O/c1-18-7-6-14(13-18)12-17-15-4-2-3-5-16(15)19-8-10-20-11-9-19/h2-7,13,17H,8-12H2,1H3. The van der Waals surface area contributed by atoms with Gasteiger partial charge in [-0.3, -0.25) is 0 Å². The van der Waals surface area contributed by atoms with Crippen molar-refractivity contribution < 1.29 is 4.74 Å². The molecule has 2 aromatic rings. The monoisotopic (exact) mass is 271 g/mol. The maximum atomic E-state index is 5.43. The van der Waals surface area contributed by atoms with Crippen LogP contribution in [-0.4, -0.2) is 30.9 Å².